The van der Waals surface area contributed by atoms with Gasteiger partial charge in [-0.05, 0) is 35.9 Å². The molecule has 0 fully saturated rings. The minimum atomic E-state index is -5.05. The molecule has 0 amide bonds. The van der Waals surface area contributed by atoms with Gasteiger partial charge in [-0.15, -0.1) is 0 Å². The fourth-order valence-corrected chi connectivity index (χ4v) is 2.55. The molecular formula is C19H15F3N2O3. The zero-order valence-electron chi connectivity index (χ0n) is 14.4. The van der Waals surface area contributed by atoms with E-state index in [1.165, 1.54) is 26.4 Å². The number of carbonyl (C=O) groups excluding carboxylic acids is 1. The van der Waals surface area contributed by atoms with Gasteiger partial charge in [0.25, 0.3) is 5.78 Å². The SMILES string of the molecule is COc1cc(/C=C(/C(=O)C(F)(F)F)c2nc3ccccc3[nH]2)cc(OC)c1. The number of imidazole rings is 1. The summed E-state index contributed by atoms with van der Waals surface area (Å²) in [5, 5.41) is 0. The van der Waals surface area contributed by atoms with Gasteiger partial charge in [-0.25, -0.2) is 4.98 Å². The summed E-state index contributed by atoms with van der Waals surface area (Å²) in [6, 6.07) is 11.3. The molecule has 0 bridgehead atoms. The average Bonchev–Trinajstić information content (AvgIpc) is 3.08. The Hall–Kier alpha value is -3.29. The zero-order chi connectivity index (χ0) is 19.6. The fourth-order valence-electron chi connectivity index (χ4n) is 2.55. The molecule has 0 saturated heterocycles. The topological polar surface area (TPSA) is 64.2 Å². The Morgan fingerprint density at radius 1 is 1.07 bits per heavy atom. The van der Waals surface area contributed by atoms with Crippen LogP contribution in [0.5, 0.6) is 11.5 Å². The van der Waals surface area contributed by atoms with Crippen molar-refractivity contribution >= 4 is 28.5 Å². The summed E-state index contributed by atoms with van der Waals surface area (Å²) in [6.07, 6.45) is -3.94. The maximum Gasteiger partial charge on any atom is 0.455 e. The molecule has 5 nitrogen and oxygen atoms in total. The number of methoxy groups -OCH3 is 2. The number of aromatic nitrogens is 2. The third-order valence-electron chi connectivity index (χ3n) is 3.83. The molecule has 1 heterocycles. The van der Waals surface area contributed by atoms with Gasteiger partial charge in [-0.1, -0.05) is 12.1 Å². The molecule has 0 radical (unpaired) electrons. The highest BCUT2D eigenvalue weighted by molar-refractivity contribution is 6.27. The van der Waals surface area contributed by atoms with Gasteiger partial charge in [-0.2, -0.15) is 13.2 Å². The molecule has 140 valence electrons. The quantitative estimate of drug-likeness (QED) is 0.676. The number of alkyl halides is 3. The second kappa shape index (κ2) is 7.14. The molecule has 1 aromatic heterocycles. The number of halogens is 3. The smallest absolute Gasteiger partial charge is 0.455 e. The predicted molar refractivity (Wildman–Crippen MR) is 94.6 cm³/mol. The lowest BCUT2D eigenvalue weighted by Crippen LogP contribution is -2.24. The molecule has 0 aliphatic carbocycles. The van der Waals surface area contributed by atoms with Crippen LogP contribution in [0, 0.1) is 0 Å². The van der Waals surface area contributed by atoms with Gasteiger partial charge in [0.05, 0.1) is 30.8 Å². The molecule has 0 saturated carbocycles. The minimum Gasteiger partial charge on any atom is -0.497 e. The number of carbonyl (C=O) groups is 1. The summed E-state index contributed by atoms with van der Waals surface area (Å²) in [4.78, 5) is 18.9. The van der Waals surface area contributed by atoms with E-state index in [0.29, 0.717) is 28.1 Å². The monoisotopic (exact) mass is 376 g/mol. The van der Waals surface area contributed by atoms with Crippen LogP contribution in [0.15, 0.2) is 42.5 Å². The van der Waals surface area contributed by atoms with E-state index in [-0.39, 0.29) is 5.82 Å². The number of nitrogens with one attached hydrogen (secondary N) is 1. The van der Waals surface area contributed by atoms with E-state index in [1.807, 2.05) is 0 Å². The molecule has 3 aromatic rings. The highest BCUT2D eigenvalue weighted by Gasteiger charge is 2.42. The number of ether oxygens (including phenoxy) is 2. The second-order valence-electron chi connectivity index (χ2n) is 5.63. The Morgan fingerprint density at radius 3 is 2.26 bits per heavy atom. The summed E-state index contributed by atoms with van der Waals surface area (Å²) >= 11 is 0. The summed E-state index contributed by atoms with van der Waals surface area (Å²) < 4.78 is 49.7. The Bertz CT molecular complexity index is 967. The van der Waals surface area contributed by atoms with Gasteiger partial charge in [0, 0.05) is 6.07 Å². The Kier molecular flexibility index (Phi) is 4.89. The first-order valence-corrected chi connectivity index (χ1v) is 7.83. The highest BCUT2D eigenvalue weighted by atomic mass is 19.4. The van der Waals surface area contributed by atoms with Gasteiger partial charge >= 0.3 is 6.18 Å². The van der Waals surface area contributed by atoms with Crippen LogP contribution < -0.4 is 9.47 Å². The van der Waals surface area contributed by atoms with E-state index in [1.54, 1.807) is 30.3 Å². The number of fused-ring (bicyclic) bond motifs is 1. The number of allylic oxidation sites excluding steroid dienone is 1. The van der Waals surface area contributed by atoms with Crippen molar-refractivity contribution in [3.8, 4) is 11.5 Å². The zero-order valence-corrected chi connectivity index (χ0v) is 14.4. The minimum absolute atomic E-state index is 0.166. The number of Topliss-reactive ketones (excluding diaryl/α,β-unsaturated/α-hetero) is 1. The van der Waals surface area contributed by atoms with Crippen LogP contribution in [0.2, 0.25) is 0 Å². The summed E-state index contributed by atoms with van der Waals surface area (Å²) in [5.74, 6) is -1.41. The molecular weight excluding hydrogens is 361 g/mol. The van der Waals surface area contributed by atoms with Gasteiger partial charge in [0.2, 0.25) is 0 Å². The number of hydrogen-bond acceptors (Lipinski definition) is 4. The van der Waals surface area contributed by atoms with Crippen molar-refractivity contribution in [2.24, 2.45) is 0 Å². The predicted octanol–water partition coefficient (Wildman–Crippen LogP) is 4.25. The second-order valence-corrected chi connectivity index (χ2v) is 5.63. The molecule has 8 heteroatoms. The third kappa shape index (κ3) is 3.94. The van der Waals surface area contributed by atoms with Crippen LogP contribution in [0.4, 0.5) is 13.2 Å². The lowest BCUT2D eigenvalue weighted by molar-refractivity contribution is -0.164. The van der Waals surface area contributed by atoms with Crippen LogP contribution in [0.3, 0.4) is 0 Å². The van der Waals surface area contributed by atoms with E-state index < -0.39 is 17.5 Å². The van der Waals surface area contributed by atoms with Crippen LogP contribution in [0.25, 0.3) is 22.7 Å². The number of nitrogens with zero attached hydrogens (tertiary/aromatic N) is 1. The van der Waals surface area contributed by atoms with E-state index in [2.05, 4.69) is 9.97 Å². The number of benzene rings is 2. The van der Waals surface area contributed by atoms with Crippen LogP contribution in [-0.4, -0.2) is 36.1 Å². The van der Waals surface area contributed by atoms with Crippen molar-refractivity contribution in [1.29, 1.82) is 0 Å². The maximum atomic E-state index is 13.2. The van der Waals surface area contributed by atoms with E-state index in [9.17, 15) is 18.0 Å². The van der Waals surface area contributed by atoms with Gasteiger partial charge in [0.15, 0.2) is 0 Å². The average molecular weight is 376 g/mol. The molecule has 0 aliphatic heterocycles. The maximum absolute atomic E-state index is 13.2. The first-order valence-electron chi connectivity index (χ1n) is 7.83. The van der Waals surface area contributed by atoms with Gasteiger partial charge in [-0.3, -0.25) is 4.79 Å². The number of ketones is 1. The van der Waals surface area contributed by atoms with Crippen molar-refractivity contribution in [2.75, 3.05) is 14.2 Å². The molecule has 3 rings (SSSR count). The Labute approximate surface area is 152 Å². The number of aromatic amines is 1. The number of hydrogen-bond donors (Lipinski definition) is 1. The van der Waals surface area contributed by atoms with Gasteiger partial charge in [0.1, 0.15) is 17.3 Å². The molecule has 0 unspecified atom stereocenters. The van der Waals surface area contributed by atoms with E-state index in [0.717, 1.165) is 6.08 Å². The van der Waals surface area contributed by atoms with E-state index >= 15 is 0 Å². The van der Waals surface area contributed by atoms with Crippen LogP contribution in [-0.2, 0) is 4.79 Å². The molecule has 2 aromatic carbocycles. The molecule has 0 spiro atoms. The Morgan fingerprint density at radius 2 is 1.70 bits per heavy atom. The first-order chi connectivity index (χ1) is 12.8. The molecule has 1 N–H and O–H groups in total. The Balaban J connectivity index is 2.18. The van der Waals surface area contributed by atoms with Crippen LogP contribution in [0.1, 0.15) is 11.4 Å². The number of H-pyrrole nitrogens is 1. The molecule has 0 atom stereocenters. The number of rotatable bonds is 5. The molecule has 0 aliphatic rings. The molecule has 27 heavy (non-hydrogen) atoms. The standard InChI is InChI=1S/C19H15F3N2O3/c1-26-12-7-11(8-13(10-12)27-2)9-14(17(25)19(20,21)22)18-23-15-5-3-4-6-16(15)24-18/h3-10H,1-2H3,(H,23,24)/b14-9-. The lowest BCUT2D eigenvalue weighted by atomic mass is 10.1. The van der Waals surface area contributed by atoms with Crippen molar-refractivity contribution in [1.82, 2.24) is 9.97 Å². The summed E-state index contributed by atoms with van der Waals surface area (Å²) in [7, 11) is 2.84. The van der Waals surface area contributed by atoms with Gasteiger partial charge < -0.3 is 14.5 Å². The van der Waals surface area contributed by atoms with Crippen molar-refractivity contribution < 1.29 is 27.4 Å². The van der Waals surface area contributed by atoms with Crippen LogP contribution >= 0.6 is 0 Å². The normalized spacial score (nSPS) is 12.3. The van der Waals surface area contributed by atoms with Crippen molar-refractivity contribution in [3.63, 3.8) is 0 Å². The summed E-state index contributed by atoms with van der Waals surface area (Å²) in [5.41, 5.74) is 0.682. The van der Waals surface area contributed by atoms with Crippen molar-refractivity contribution in [2.45, 2.75) is 6.18 Å². The highest BCUT2D eigenvalue weighted by Crippen LogP contribution is 2.30. The summed E-state index contributed by atoms with van der Waals surface area (Å²) in [6.45, 7) is 0. The lowest BCUT2D eigenvalue weighted by Gasteiger charge is -2.09. The largest absolute Gasteiger partial charge is 0.497 e. The third-order valence-corrected chi connectivity index (χ3v) is 3.83. The van der Waals surface area contributed by atoms with Crippen molar-refractivity contribution in [3.05, 3.63) is 53.9 Å². The first kappa shape index (κ1) is 18.5. The fraction of sp³-hybridized carbons (Fsp3) is 0.158. The number of para-hydroxylation sites is 2. The van der Waals surface area contributed by atoms with E-state index in [4.69, 9.17) is 9.47 Å².